The molecule has 138 valence electrons. The van der Waals surface area contributed by atoms with E-state index in [4.69, 9.17) is 4.18 Å². The minimum Gasteiger partial charge on any atom is -0.379 e. The molecule has 3 rings (SSSR count). The molecule has 1 saturated heterocycles. The summed E-state index contributed by atoms with van der Waals surface area (Å²) < 4.78 is 30.5. The molecule has 0 atom stereocenters. The van der Waals surface area contributed by atoms with Gasteiger partial charge in [-0.2, -0.15) is 8.42 Å². The fourth-order valence-electron chi connectivity index (χ4n) is 2.90. The first kappa shape index (κ1) is 18.3. The van der Waals surface area contributed by atoms with Gasteiger partial charge < -0.3 is 9.50 Å². The second-order valence-corrected chi connectivity index (χ2v) is 7.67. The van der Waals surface area contributed by atoms with Crippen LogP contribution in [0.25, 0.3) is 0 Å². The molecule has 0 bridgehead atoms. The number of para-hydroxylation sites is 1. The van der Waals surface area contributed by atoms with Crippen LogP contribution in [-0.2, 0) is 16.5 Å². The number of carbonyl (C=O) groups is 1. The summed E-state index contributed by atoms with van der Waals surface area (Å²) in [5.41, 5.74) is 1.52. The molecule has 0 unspecified atom stereocenters. The van der Waals surface area contributed by atoms with Crippen molar-refractivity contribution in [1.29, 1.82) is 0 Å². The van der Waals surface area contributed by atoms with Gasteiger partial charge in [-0.3, -0.25) is 4.90 Å². The third-order valence-corrected chi connectivity index (χ3v) is 5.46. The summed E-state index contributed by atoms with van der Waals surface area (Å²) in [5.74, 6) is 0.355. The van der Waals surface area contributed by atoms with Crippen LogP contribution in [0.2, 0.25) is 0 Å². The van der Waals surface area contributed by atoms with Gasteiger partial charge >= 0.3 is 16.1 Å². The first-order valence-corrected chi connectivity index (χ1v) is 10.1. The van der Waals surface area contributed by atoms with Crippen molar-refractivity contribution in [3.63, 3.8) is 0 Å². The zero-order valence-corrected chi connectivity index (χ0v) is 15.5. The van der Waals surface area contributed by atoms with E-state index < -0.39 is 10.1 Å². The number of aryl methyl sites for hydroxylation is 1. The van der Waals surface area contributed by atoms with Gasteiger partial charge in [0.1, 0.15) is 10.6 Å². The molecule has 2 amide bonds. The molecule has 0 aromatic heterocycles. The molecule has 1 aliphatic heterocycles. The molecule has 1 N–H and O–H groups in total. The highest BCUT2D eigenvalue weighted by Crippen LogP contribution is 2.25. The number of anilines is 1. The number of hydrogen-bond donors (Lipinski definition) is 1. The number of hydrogen-bond acceptors (Lipinski definition) is 4. The summed E-state index contributed by atoms with van der Waals surface area (Å²) in [6.07, 6.45) is 2.49. The largest absolute Gasteiger partial charge is 0.379 e. The van der Waals surface area contributed by atoms with Gasteiger partial charge in [-0.25, -0.2) is 4.79 Å². The first-order valence-electron chi connectivity index (χ1n) is 8.69. The Morgan fingerprint density at radius 3 is 2.54 bits per heavy atom. The summed E-state index contributed by atoms with van der Waals surface area (Å²) in [6.45, 7) is 3.30. The lowest BCUT2D eigenvalue weighted by atomic mass is 10.1. The Morgan fingerprint density at radius 1 is 1.12 bits per heavy atom. The Bertz CT molecular complexity index is 879. The number of nitrogens with one attached hydrogen (secondary N) is 1. The molecule has 0 radical (unpaired) electrons. The van der Waals surface area contributed by atoms with Crippen LogP contribution in [0.3, 0.4) is 0 Å². The van der Waals surface area contributed by atoms with Crippen molar-refractivity contribution < 1.29 is 17.4 Å². The van der Waals surface area contributed by atoms with Crippen LogP contribution in [0.15, 0.2) is 53.4 Å². The van der Waals surface area contributed by atoms with Crippen LogP contribution < -0.4 is 14.4 Å². The van der Waals surface area contributed by atoms with E-state index in [1.54, 1.807) is 29.2 Å². The van der Waals surface area contributed by atoms with Gasteiger partial charge in [0.15, 0.2) is 0 Å². The maximum Gasteiger partial charge on any atom is 0.339 e. The van der Waals surface area contributed by atoms with Crippen molar-refractivity contribution in [2.24, 2.45) is 0 Å². The zero-order valence-electron chi connectivity index (χ0n) is 14.6. The summed E-state index contributed by atoms with van der Waals surface area (Å²) in [4.78, 5) is 13.5. The summed E-state index contributed by atoms with van der Waals surface area (Å²) in [6, 6.07) is 13.2. The molecular weight excluding hydrogens is 352 g/mol. The molecule has 26 heavy (non-hydrogen) atoms. The van der Waals surface area contributed by atoms with Gasteiger partial charge in [0.2, 0.25) is 0 Å². The van der Waals surface area contributed by atoms with E-state index in [1.165, 1.54) is 12.1 Å². The SMILES string of the molecule is CCCc1ccccc1OS(=O)(=O)c1ccc(N2CCCNC2=O)cc1. The number of nitrogens with zero attached hydrogens (tertiary/aromatic N) is 1. The Hall–Kier alpha value is -2.54. The molecular formula is C19H22N2O4S. The Balaban J connectivity index is 1.81. The average Bonchev–Trinajstić information content (AvgIpc) is 2.64. The monoisotopic (exact) mass is 374 g/mol. The Kier molecular flexibility index (Phi) is 5.46. The van der Waals surface area contributed by atoms with E-state index in [-0.39, 0.29) is 10.9 Å². The van der Waals surface area contributed by atoms with Crippen LogP contribution in [0.1, 0.15) is 25.3 Å². The minimum absolute atomic E-state index is 0.0602. The number of benzene rings is 2. The molecule has 1 fully saturated rings. The van der Waals surface area contributed by atoms with Gasteiger partial charge in [0.25, 0.3) is 0 Å². The predicted molar refractivity (Wildman–Crippen MR) is 100 cm³/mol. The molecule has 2 aromatic carbocycles. The van der Waals surface area contributed by atoms with Gasteiger partial charge in [-0.15, -0.1) is 0 Å². The topological polar surface area (TPSA) is 75.7 Å². The van der Waals surface area contributed by atoms with Crippen molar-refractivity contribution in [3.8, 4) is 5.75 Å². The minimum atomic E-state index is -3.93. The molecule has 2 aromatic rings. The van der Waals surface area contributed by atoms with E-state index in [1.807, 2.05) is 19.1 Å². The van der Waals surface area contributed by atoms with Gasteiger partial charge in [0.05, 0.1) is 0 Å². The normalized spacial score (nSPS) is 14.8. The number of carbonyl (C=O) groups excluding carboxylic acids is 1. The molecule has 7 heteroatoms. The van der Waals surface area contributed by atoms with Crippen LogP contribution in [-0.4, -0.2) is 27.5 Å². The number of urea groups is 1. The fourth-order valence-corrected chi connectivity index (χ4v) is 3.86. The zero-order chi connectivity index (χ0) is 18.6. The summed E-state index contributed by atoms with van der Waals surface area (Å²) in [7, 11) is -3.93. The molecule has 0 saturated carbocycles. The second-order valence-electron chi connectivity index (χ2n) is 6.13. The van der Waals surface area contributed by atoms with E-state index in [0.717, 1.165) is 24.8 Å². The summed E-state index contributed by atoms with van der Waals surface area (Å²) >= 11 is 0. The molecule has 1 aliphatic rings. The maximum absolute atomic E-state index is 12.6. The quantitative estimate of drug-likeness (QED) is 0.787. The molecule has 1 heterocycles. The molecule has 0 spiro atoms. The third kappa shape index (κ3) is 3.99. The Morgan fingerprint density at radius 2 is 1.85 bits per heavy atom. The Labute approximate surface area is 153 Å². The maximum atomic E-state index is 12.6. The van der Waals surface area contributed by atoms with Gasteiger partial charge in [-0.1, -0.05) is 31.5 Å². The lowest BCUT2D eigenvalue weighted by molar-refractivity contribution is 0.243. The van der Waals surface area contributed by atoms with Crippen molar-refractivity contribution in [2.45, 2.75) is 31.1 Å². The van der Waals surface area contributed by atoms with Crippen LogP contribution in [0.5, 0.6) is 5.75 Å². The average molecular weight is 374 g/mol. The van der Waals surface area contributed by atoms with Crippen LogP contribution in [0, 0.1) is 0 Å². The standard InChI is InChI=1S/C19H22N2O4S/c1-2-6-15-7-3-4-8-18(15)25-26(23,24)17-11-9-16(10-12-17)21-14-5-13-20-19(21)22/h3-4,7-12H,2,5-6,13-14H2,1H3,(H,20,22). The number of rotatable bonds is 6. The highest BCUT2D eigenvalue weighted by Gasteiger charge is 2.22. The highest BCUT2D eigenvalue weighted by atomic mass is 32.2. The summed E-state index contributed by atoms with van der Waals surface area (Å²) in [5, 5.41) is 2.77. The first-order chi connectivity index (χ1) is 12.5. The second kappa shape index (κ2) is 7.78. The van der Waals surface area contributed by atoms with E-state index in [0.29, 0.717) is 24.5 Å². The van der Waals surface area contributed by atoms with Crippen molar-refractivity contribution >= 4 is 21.8 Å². The predicted octanol–water partition coefficient (Wildman–Crippen LogP) is 3.33. The smallest absolute Gasteiger partial charge is 0.339 e. The van der Waals surface area contributed by atoms with Gasteiger partial charge in [-0.05, 0) is 48.7 Å². The fraction of sp³-hybridized carbons (Fsp3) is 0.316. The highest BCUT2D eigenvalue weighted by molar-refractivity contribution is 7.87. The molecule has 6 nitrogen and oxygen atoms in total. The van der Waals surface area contributed by atoms with Crippen LogP contribution in [0.4, 0.5) is 10.5 Å². The third-order valence-electron chi connectivity index (χ3n) is 4.21. The van der Waals surface area contributed by atoms with E-state index in [9.17, 15) is 13.2 Å². The van der Waals surface area contributed by atoms with Crippen molar-refractivity contribution in [3.05, 3.63) is 54.1 Å². The van der Waals surface area contributed by atoms with Gasteiger partial charge in [0, 0.05) is 18.8 Å². The lowest BCUT2D eigenvalue weighted by Crippen LogP contribution is -2.46. The van der Waals surface area contributed by atoms with Crippen molar-refractivity contribution in [2.75, 3.05) is 18.0 Å². The van der Waals surface area contributed by atoms with E-state index >= 15 is 0 Å². The number of amides is 2. The van der Waals surface area contributed by atoms with E-state index in [2.05, 4.69) is 5.32 Å². The lowest BCUT2D eigenvalue weighted by Gasteiger charge is -2.27. The molecule has 0 aliphatic carbocycles. The van der Waals surface area contributed by atoms with Crippen LogP contribution >= 0.6 is 0 Å². The van der Waals surface area contributed by atoms with Crippen molar-refractivity contribution in [1.82, 2.24) is 5.32 Å².